The smallest absolute Gasteiger partial charge is 0.328 e. The van der Waals surface area contributed by atoms with Crippen molar-refractivity contribution in [1.29, 1.82) is 5.26 Å². The van der Waals surface area contributed by atoms with Gasteiger partial charge in [0.05, 0.1) is 12.7 Å². The zero-order chi connectivity index (χ0) is 15.2. The lowest BCUT2D eigenvalue weighted by Crippen LogP contribution is -2.17. The number of carbonyl (C=O) groups excluding carboxylic acids is 1. The predicted octanol–water partition coefficient (Wildman–Crippen LogP) is 3.27. The molecule has 0 saturated heterocycles. The van der Waals surface area contributed by atoms with Crippen LogP contribution >= 0.6 is 0 Å². The number of benzene rings is 1. The summed E-state index contributed by atoms with van der Waals surface area (Å²) >= 11 is 0. The van der Waals surface area contributed by atoms with Gasteiger partial charge in [0.25, 0.3) is 0 Å². The highest BCUT2D eigenvalue weighted by atomic mass is 16.5. The van der Waals surface area contributed by atoms with Gasteiger partial charge >= 0.3 is 5.97 Å². The second-order valence-corrected chi connectivity index (χ2v) is 4.52. The Bertz CT molecular complexity index is 664. The maximum atomic E-state index is 11.5. The highest BCUT2D eigenvalue weighted by Gasteiger charge is 2.17. The van der Waals surface area contributed by atoms with Gasteiger partial charge in [-0.15, -0.1) is 0 Å². The zero-order valence-electron chi connectivity index (χ0n) is 11.9. The highest BCUT2D eigenvalue weighted by molar-refractivity contribution is 5.93. The van der Waals surface area contributed by atoms with Gasteiger partial charge in [-0.25, -0.2) is 0 Å². The van der Waals surface area contributed by atoms with E-state index in [0.717, 1.165) is 11.0 Å². The van der Waals surface area contributed by atoms with Gasteiger partial charge in [0.2, 0.25) is 0 Å². The predicted molar refractivity (Wildman–Crippen MR) is 78.9 cm³/mol. The second-order valence-electron chi connectivity index (χ2n) is 4.52. The van der Waals surface area contributed by atoms with E-state index in [1.807, 2.05) is 43.3 Å². The number of carbonyl (C=O) groups is 1. The molecule has 5 nitrogen and oxygen atoms in total. The molecule has 5 heteroatoms. The number of hydrogen-bond donors (Lipinski definition) is 0. The summed E-state index contributed by atoms with van der Waals surface area (Å²) in [5, 5.41) is 9.95. The molecule has 0 saturated carbocycles. The molecule has 0 unspecified atom stereocenters. The molecule has 0 aliphatic heterocycles. The van der Waals surface area contributed by atoms with Gasteiger partial charge in [0, 0.05) is 11.6 Å². The van der Waals surface area contributed by atoms with E-state index < -0.39 is 11.9 Å². The van der Waals surface area contributed by atoms with E-state index in [-0.39, 0.29) is 12.6 Å². The van der Waals surface area contributed by atoms with Crippen LogP contribution in [-0.2, 0) is 9.53 Å². The van der Waals surface area contributed by atoms with Gasteiger partial charge in [0.1, 0.15) is 17.4 Å². The number of rotatable bonds is 5. The lowest BCUT2D eigenvalue weighted by atomic mass is 10.2. The van der Waals surface area contributed by atoms with Crippen LogP contribution in [0.1, 0.15) is 25.6 Å². The van der Waals surface area contributed by atoms with Crippen molar-refractivity contribution in [3.8, 4) is 6.07 Å². The second kappa shape index (κ2) is 6.71. The summed E-state index contributed by atoms with van der Waals surface area (Å²) in [6.07, 6.45) is 1.32. The highest BCUT2D eigenvalue weighted by Crippen LogP contribution is 2.25. The van der Waals surface area contributed by atoms with Crippen LogP contribution in [0.3, 0.4) is 0 Å². The number of nitriles is 1. The number of para-hydroxylation sites is 1. The van der Waals surface area contributed by atoms with Crippen LogP contribution in [0, 0.1) is 17.2 Å². The number of furan rings is 1. The summed E-state index contributed by atoms with van der Waals surface area (Å²) in [7, 11) is 0. The van der Waals surface area contributed by atoms with E-state index in [1.165, 1.54) is 6.21 Å². The molecule has 2 rings (SSSR count). The van der Waals surface area contributed by atoms with Crippen molar-refractivity contribution in [2.24, 2.45) is 10.9 Å². The largest absolute Gasteiger partial charge is 0.465 e. The van der Waals surface area contributed by atoms with E-state index >= 15 is 0 Å². The molecular formula is C16H16N2O3. The fourth-order valence-electron chi connectivity index (χ4n) is 1.88. The number of nitrogens with zero attached hydrogens (tertiary/aromatic N) is 2. The van der Waals surface area contributed by atoms with Crippen LogP contribution in [-0.4, -0.2) is 18.8 Å². The number of ether oxygens (including phenoxy) is 1. The first-order chi connectivity index (χ1) is 10.2. The summed E-state index contributed by atoms with van der Waals surface area (Å²) < 4.78 is 10.5. The van der Waals surface area contributed by atoms with Crippen LogP contribution in [0.15, 0.2) is 39.7 Å². The SMILES string of the molecule is CCOC(=O)[C@@H](C#N)C=N[C@@H](C)c1cc2ccccc2o1. The molecule has 0 aliphatic rings. The Balaban J connectivity index is 2.12. The van der Waals surface area contributed by atoms with E-state index in [2.05, 4.69) is 4.99 Å². The summed E-state index contributed by atoms with van der Waals surface area (Å²) in [5.41, 5.74) is 0.789. The van der Waals surface area contributed by atoms with Crippen molar-refractivity contribution in [1.82, 2.24) is 0 Å². The quantitative estimate of drug-likeness (QED) is 0.623. The molecule has 2 aromatic rings. The molecule has 108 valence electrons. The van der Waals surface area contributed by atoms with Crippen molar-refractivity contribution in [2.45, 2.75) is 19.9 Å². The van der Waals surface area contributed by atoms with Crippen molar-refractivity contribution in [3.63, 3.8) is 0 Å². The molecule has 1 heterocycles. The Hall–Kier alpha value is -2.61. The molecule has 0 aliphatic carbocycles. The topological polar surface area (TPSA) is 75.6 Å². The van der Waals surface area contributed by atoms with E-state index in [1.54, 1.807) is 6.92 Å². The lowest BCUT2D eigenvalue weighted by molar-refractivity contribution is -0.143. The van der Waals surface area contributed by atoms with Gasteiger partial charge in [-0.2, -0.15) is 5.26 Å². The molecule has 1 aromatic carbocycles. The Kier molecular flexibility index (Phi) is 4.72. The fraction of sp³-hybridized carbons (Fsp3) is 0.312. The average Bonchev–Trinajstić information content (AvgIpc) is 2.92. The molecule has 0 amide bonds. The van der Waals surface area contributed by atoms with Gasteiger partial charge in [-0.05, 0) is 26.0 Å². The summed E-state index contributed by atoms with van der Waals surface area (Å²) in [6.45, 7) is 3.78. The molecule has 0 spiro atoms. The van der Waals surface area contributed by atoms with Gasteiger partial charge in [0.15, 0.2) is 5.92 Å². The third kappa shape index (κ3) is 3.48. The van der Waals surface area contributed by atoms with Crippen LogP contribution in [0.5, 0.6) is 0 Å². The van der Waals surface area contributed by atoms with Gasteiger partial charge < -0.3 is 9.15 Å². The van der Waals surface area contributed by atoms with Crippen LogP contribution in [0.4, 0.5) is 0 Å². The van der Waals surface area contributed by atoms with Crippen molar-refractivity contribution >= 4 is 23.2 Å². The third-order valence-corrected chi connectivity index (χ3v) is 2.99. The third-order valence-electron chi connectivity index (χ3n) is 2.99. The Morgan fingerprint density at radius 2 is 2.29 bits per heavy atom. The van der Waals surface area contributed by atoms with Crippen LogP contribution < -0.4 is 0 Å². The summed E-state index contributed by atoms with van der Waals surface area (Å²) in [4.78, 5) is 15.7. The molecular weight excluding hydrogens is 268 g/mol. The maximum Gasteiger partial charge on any atom is 0.328 e. The first-order valence-corrected chi connectivity index (χ1v) is 6.73. The standard InChI is InChI=1S/C16H16N2O3/c1-3-20-16(19)13(9-17)10-18-11(2)15-8-12-6-4-5-7-14(12)21-15/h4-8,10-11,13H,3H2,1-2H3/t11-,13-/m0/s1. The minimum Gasteiger partial charge on any atom is -0.465 e. The fourth-order valence-corrected chi connectivity index (χ4v) is 1.88. The van der Waals surface area contributed by atoms with Crippen LogP contribution in [0.25, 0.3) is 11.0 Å². The minimum atomic E-state index is -0.989. The molecule has 21 heavy (non-hydrogen) atoms. The van der Waals surface area contributed by atoms with E-state index in [9.17, 15) is 4.79 Å². The summed E-state index contributed by atoms with van der Waals surface area (Å²) in [5.74, 6) is -0.884. The monoisotopic (exact) mass is 284 g/mol. The number of hydrogen-bond acceptors (Lipinski definition) is 5. The summed E-state index contributed by atoms with van der Waals surface area (Å²) in [6, 6.07) is 11.2. The number of esters is 1. The van der Waals surface area contributed by atoms with Gasteiger partial charge in [-0.3, -0.25) is 9.79 Å². The first kappa shape index (κ1) is 14.8. The molecule has 0 N–H and O–H groups in total. The van der Waals surface area contributed by atoms with Gasteiger partial charge in [-0.1, -0.05) is 18.2 Å². The normalized spacial score (nSPS) is 14.0. The molecule has 2 atom stereocenters. The number of aliphatic imine (C=N–C) groups is 1. The van der Waals surface area contributed by atoms with E-state index in [4.69, 9.17) is 14.4 Å². The molecule has 0 bridgehead atoms. The molecule has 0 fully saturated rings. The minimum absolute atomic E-state index is 0.240. The average molecular weight is 284 g/mol. The van der Waals surface area contributed by atoms with Crippen molar-refractivity contribution in [3.05, 3.63) is 36.1 Å². The van der Waals surface area contributed by atoms with Crippen LogP contribution in [0.2, 0.25) is 0 Å². The maximum absolute atomic E-state index is 11.5. The Morgan fingerprint density at radius 3 is 2.95 bits per heavy atom. The Labute approximate surface area is 122 Å². The van der Waals surface area contributed by atoms with Crippen molar-refractivity contribution in [2.75, 3.05) is 6.61 Å². The molecule has 0 radical (unpaired) electrons. The Morgan fingerprint density at radius 1 is 1.52 bits per heavy atom. The molecule has 1 aromatic heterocycles. The number of fused-ring (bicyclic) bond motifs is 1. The lowest BCUT2D eigenvalue weighted by Gasteiger charge is -2.05. The zero-order valence-corrected chi connectivity index (χ0v) is 11.9. The van der Waals surface area contributed by atoms with E-state index in [0.29, 0.717) is 5.76 Å². The first-order valence-electron chi connectivity index (χ1n) is 6.73. The van der Waals surface area contributed by atoms with Crippen molar-refractivity contribution < 1.29 is 13.9 Å².